The summed E-state index contributed by atoms with van der Waals surface area (Å²) in [5, 5.41) is 22.1. The van der Waals surface area contributed by atoms with Crippen LogP contribution in [0.25, 0.3) is 11.5 Å². The third-order valence-electron chi connectivity index (χ3n) is 3.78. The molecule has 27 heavy (non-hydrogen) atoms. The molecule has 0 atom stereocenters. The molecule has 0 aliphatic carbocycles. The number of aromatic nitrogens is 3. The van der Waals surface area contributed by atoms with Crippen molar-refractivity contribution in [1.82, 2.24) is 15.1 Å². The number of benzene rings is 1. The van der Waals surface area contributed by atoms with Crippen molar-refractivity contribution in [3.63, 3.8) is 0 Å². The molecule has 3 aromatic rings. The van der Waals surface area contributed by atoms with Crippen molar-refractivity contribution < 1.29 is 9.63 Å². The molecule has 0 aliphatic rings. The van der Waals surface area contributed by atoms with Gasteiger partial charge in [-0.05, 0) is 49.3 Å². The first-order valence-electron chi connectivity index (χ1n) is 8.35. The molecule has 0 aliphatic heterocycles. The normalized spacial score (nSPS) is 12.3. The second-order valence-electron chi connectivity index (χ2n) is 6.06. The fourth-order valence-electron chi connectivity index (χ4n) is 2.38. The third-order valence-corrected chi connectivity index (χ3v) is 3.78. The molecule has 3 rings (SSSR count). The Labute approximate surface area is 156 Å². The average molecular weight is 364 g/mol. The highest BCUT2D eigenvalue weighted by Gasteiger charge is 2.13. The summed E-state index contributed by atoms with van der Waals surface area (Å²) in [6.07, 6.45) is 3.44. The van der Waals surface area contributed by atoms with Crippen LogP contribution in [0.3, 0.4) is 0 Å². The van der Waals surface area contributed by atoms with E-state index in [1.165, 1.54) is 0 Å². The Kier molecular flexibility index (Phi) is 5.55. The van der Waals surface area contributed by atoms with Crippen LogP contribution in [0.2, 0.25) is 0 Å². The van der Waals surface area contributed by atoms with E-state index in [4.69, 9.17) is 4.52 Å². The SMILES string of the molecule is C/C(CN(C)c1noc(-c2cccc(O)c2)n1)=N\N=C(/C)c1ccncc1. The summed E-state index contributed by atoms with van der Waals surface area (Å²) in [6, 6.07) is 10.4. The number of hydrogen-bond donors (Lipinski definition) is 1. The van der Waals surface area contributed by atoms with Gasteiger partial charge >= 0.3 is 0 Å². The highest BCUT2D eigenvalue weighted by molar-refractivity contribution is 5.99. The lowest BCUT2D eigenvalue weighted by atomic mass is 10.2. The van der Waals surface area contributed by atoms with E-state index in [9.17, 15) is 5.11 Å². The van der Waals surface area contributed by atoms with Crippen molar-refractivity contribution in [2.75, 3.05) is 18.5 Å². The van der Waals surface area contributed by atoms with E-state index in [1.54, 1.807) is 36.7 Å². The van der Waals surface area contributed by atoms with Crippen LogP contribution in [-0.2, 0) is 0 Å². The zero-order chi connectivity index (χ0) is 19.2. The molecule has 0 amide bonds. The van der Waals surface area contributed by atoms with E-state index in [2.05, 4.69) is 25.3 Å². The highest BCUT2D eigenvalue weighted by Crippen LogP contribution is 2.23. The smallest absolute Gasteiger partial charge is 0.266 e. The van der Waals surface area contributed by atoms with E-state index < -0.39 is 0 Å². The number of rotatable bonds is 6. The van der Waals surface area contributed by atoms with Gasteiger partial charge in [0.05, 0.1) is 18.0 Å². The van der Waals surface area contributed by atoms with E-state index in [0.29, 0.717) is 23.9 Å². The first-order chi connectivity index (χ1) is 13.0. The first kappa shape index (κ1) is 18.2. The molecule has 0 unspecified atom stereocenters. The van der Waals surface area contributed by atoms with Gasteiger partial charge in [-0.1, -0.05) is 6.07 Å². The molecule has 0 bridgehead atoms. The van der Waals surface area contributed by atoms with Crippen LogP contribution in [0.4, 0.5) is 5.95 Å². The van der Waals surface area contributed by atoms with Crippen molar-refractivity contribution in [2.45, 2.75) is 13.8 Å². The quantitative estimate of drug-likeness (QED) is 0.533. The molecule has 1 N–H and O–H groups in total. The van der Waals surface area contributed by atoms with Crippen molar-refractivity contribution >= 4 is 17.4 Å². The Morgan fingerprint density at radius 2 is 1.93 bits per heavy atom. The second kappa shape index (κ2) is 8.22. The van der Waals surface area contributed by atoms with Crippen LogP contribution >= 0.6 is 0 Å². The molecule has 0 spiro atoms. The summed E-state index contributed by atoms with van der Waals surface area (Å²) in [7, 11) is 1.84. The molecule has 8 nitrogen and oxygen atoms in total. The molecule has 0 fully saturated rings. The van der Waals surface area contributed by atoms with Gasteiger partial charge in [0.15, 0.2) is 0 Å². The molecule has 2 aromatic heterocycles. The van der Waals surface area contributed by atoms with Crippen LogP contribution in [0, 0.1) is 0 Å². The van der Waals surface area contributed by atoms with Gasteiger partial charge in [-0.2, -0.15) is 15.2 Å². The fraction of sp³-hybridized carbons (Fsp3) is 0.211. The maximum atomic E-state index is 9.56. The number of phenolic OH excluding ortho intramolecular Hbond substituents is 1. The average Bonchev–Trinajstić information content (AvgIpc) is 3.17. The van der Waals surface area contributed by atoms with Gasteiger partial charge in [-0.25, -0.2) is 0 Å². The Bertz CT molecular complexity index is 965. The van der Waals surface area contributed by atoms with Crippen molar-refractivity contribution in [2.24, 2.45) is 10.2 Å². The summed E-state index contributed by atoms with van der Waals surface area (Å²) >= 11 is 0. The van der Waals surface area contributed by atoms with Crippen molar-refractivity contribution in [1.29, 1.82) is 0 Å². The number of aromatic hydroxyl groups is 1. The third kappa shape index (κ3) is 4.75. The summed E-state index contributed by atoms with van der Waals surface area (Å²) in [5.74, 6) is 0.914. The number of pyridine rings is 1. The minimum Gasteiger partial charge on any atom is -0.508 e. The molecule has 0 radical (unpaired) electrons. The molecule has 2 heterocycles. The standard InChI is InChI=1S/C19H20N6O2/c1-13(22-23-14(2)15-7-9-20-10-8-15)12-25(3)19-21-18(27-24-19)16-5-4-6-17(26)11-16/h4-11,26H,12H2,1-3H3/b22-13+,23-14+. The van der Waals surface area contributed by atoms with Gasteiger partial charge in [-0.15, -0.1) is 0 Å². The lowest BCUT2D eigenvalue weighted by Crippen LogP contribution is -2.24. The van der Waals surface area contributed by atoms with Crippen molar-refractivity contribution in [3.8, 4) is 17.2 Å². The lowest BCUT2D eigenvalue weighted by molar-refractivity contribution is 0.429. The number of hydrogen-bond acceptors (Lipinski definition) is 8. The molecule has 0 saturated heterocycles. The number of anilines is 1. The summed E-state index contributed by atoms with van der Waals surface area (Å²) < 4.78 is 5.28. The fourth-order valence-corrected chi connectivity index (χ4v) is 2.38. The van der Waals surface area contributed by atoms with E-state index >= 15 is 0 Å². The van der Waals surface area contributed by atoms with Crippen molar-refractivity contribution in [3.05, 3.63) is 54.4 Å². The van der Waals surface area contributed by atoms with E-state index in [1.807, 2.05) is 37.9 Å². The topological polar surface area (TPSA) is 100 Å². The summed E-state index contributed by atoms with van der Waals surface area (Å²) in [5.41, 5.74) is 3.24. The maximum absolute atomic E-state index is 9.56. The highest BCUT2D eigenvalue weighted by atomic mass is 16.5. The Balaban J connectivity index is 1.67. The lowest BCUT2D eigenvalue weighted by Gasteiger charge is -2.12. The second-order valence-corrected chi connectivity index (χ2v) is 6.06. The van der Waals surface area contributed by atoms with Crippen LogP contribution in [0.1, 0.15) is 19.4 Å². The maximum Gasteiger partial charge on any atom is 0.266 e. The number of nitrogens with zero attached hydrogens (tertiary/aromatic N) is 6. The minimum atomic E-state index is 0.144. The minimum absolute atomic E-state index is 0.144. The van der Waals surface area contributed by atoms with Gasteiger partial charge < -0.3 is 14.5 Å². The van der Waals surface area contributed by atoms with Gasteiger partial charge in [-0.3, -0.25) is 4.98 Å². The number of phenols is 1. The summed E-state index contributed by atoms with van der Waals surface area (Å²) in [6.45, 7) is 4.28. The van der Waals surface area contributed by atoms with Gasteiger partial charge in [0.25, 0.3) is 11.8 Å². The van der Waals surface area contributed by atoms with E-state index in [0.717, 1.165) is 17.0 Å². The predicted octanol–water partition coefficient (Wildman–Crippen LogP) is 3.16. The predicted molar refractivity (Wildman–Crippen MR) is 104 cm³/mol. The molecule has 138 valence electrons. The van der Waals surface area contributed by atoms with Gasteiger partial charge in [0.1, 0.15) is 5.75 Å². The van der Waals surface area contributed by atoms with Crippen LogP contribution in [0.5, 0.6) is 5.75 Å². The molecule has 1 aromatic carbocycles. The first-order valence-corrected chi connectivity index (χ1v) is 8.35. The van der Waals surface area contributed by atoms with Gasteiger partial charge in [0.2, 0.25) is 0 Å². The molecular weight excluding hydrogens is 344 g/mol. The summed E-state index contributed by atoms with van der Waals surface area (Å²) in [4.78, 5) is 10.2. The molecular formula is C19H20N6O2. The molecule has 0 saturated carbocycles. The Morgan fingerprint density at radius 3 is 2.67 bits per heavy atom. The van der Waals surface area contributed by atoms with Crippen LogP contribution in [0.15, 0.2) is 63.5 Å². The largest absolute Gasteiger partial charge is 0.508 e. The monoisotopic (exact) mass is 364 g/mol. The molecule has 8 heteroatoms. The van der Waals surface area contributed by atoms with E-state index in [-0.39, 0.29) is 5.75 Å². The zero-order valence-electron chi connectivity index (χ0n) is 15.4. The Hall–Kier alpha value is -3.55. The van der Waals surface area contributed by atoms with Gasteiger partial charge in [0, 0.05) is 30.6 Å². The Morgan fingerprint density at radius 1 is 1.15 bits per heavy atom. The zero-order valence-corrected chi connectivity index (χ0v) is 15.4. The van der Waals surface area contributed by atoms with Crippen LogP contribution < -0.4 is 4.90 Å². The van der Waals surface area contributed by atoms with Crippen LogP contribution in [-0.4, -0.2) is 45.2 Å².